The van der Waals surface area contributed by atoms with E-state index in [4.69, 9.17) is 5.11 Å². The molecular formula is C12H20BrNOS. The zero-order valence-corrected chi connectivity index (χ0v) is 12.5. The summed E-state index contributed by atoms with van der Waals surface area (Å²) in [5, 5.41) is 14.8. The summed E-state index contributed by atoms with van der Waals surface area (Å²) in [6, 6.07) is 2.39. The van der Waals surface area contributed by atoms with Crippen LogP contribution in [0, 0.1) is 0 Å². The first kappa shape index (κ1) is 14.2. The zero-order chi connectivity index (χ0) is 12.2. The highest BCUT2D eigenvalue weighted by molar-refractivity contribution is 9.10. The Kier molecular flexibility index (Phi) is 5.44. The van der Waals surface area contributed by atoms with Crippen molar-refractivity contribution < 1.29 is 5.11 Å². The average Bonchev–Trinajstić information content (AvgIpc) is 2.65. The van der Waals surface area contributed by atoms with Gasteiger partial charge < -0.3 is 10.4 Å². The molecule has 0 radical (unpaired) electrons. The molecule has 2 nitrogen and oxygen atoms in total. The molecule has 1 rings (SSSR count). The molecule has 4 heteroatoms. The summed E-state index contributed by atoms with van der Waals surface area (Å²) < 4.78 is 1.17. The van der Waals surface area contributed by atoms with Crippen molar-refractivity contribution in [2.24, 2.45) is 0 Å². The van der Waals surface area contributed by atoms with Crippen molar-refractivity contribution in [2.75, 3.05) is 6.61 Å². The van der Waals surface area contributed by atoms with E-state index in [1.165, 1.54) is 9.35 Å². The number of thiophene rings is 1. The normalized spacial score (nSPS) is 17.1. The van der Waals surface area contributed by atoms with Crippen LogP contribution in [-0.4, -0.2) is 17.3 Å². The lowest BCUT2D eigenvalue weighted by molar-refractivity contribution is 0.205. The Morgan fingerprint density at radius 3 is 2.75 bits per heavy atom. The molecule has 0 fully saturated rings. The van der Waals surface area contributed by atoms with Crippen molar-refractivity contribution in [1.82, 2.24) is 5.32 Å². The predicted molar refractivity (Wildman–Crippen MR) is 74.0 cm³/mol. The zero-order valence-electron chi connectivity index (χ0n) is 10.1. The van der Waals surface area contributed by atoms with Gasteiger partial charge in [0.1, 0.15) is 0 Å². The monoisotopic (exact) mass is 305 g/mol. The number of aliphatic hydroxyl groups is 1. The maximum atomic E-state index is 9.08. The van der Waals surface area contributed by atoms with Gasteiger partial charge in [0.2, 0.25) is 0 Å². The van der Waals surface area contributed by atoms with Gasteiger partial charge in [0.15, 0.2) is 0 Å². The Balaban J connectivity index is 2.69. The SMILES string of the molecule is CCC(C)(CCO)NC(C)c1sccc1Br. The Bertz CT molecular complexity index is 329. The van der Waals surface area contributed by atoms with Crippen LogP contribution in [0.3, 0.4) is 0 Å². The van der Waals surface area contributed by atoms with Crippen molar-refractivity contribution in [3.05, 3.63) is 20.8 Å². The average molecular weight is 306 g/mol. The minimum Gasteiger partial charge on any atom is -0.396 e. The smallest absolute Gasteiger partial charge is 0.0448 e. The highest BCUT2D eigenvalue weighted by atomic mass is 79.9. The van der Waals surface area contributed by atoms with Gasteiger partial charge in [-0.15, -0.1) is 11.3 Å². The van der Waals surface area contributed by atoms with Crippen LogP contribution in [0.4, 0.5) is 0 Å². The second-order valence-electron chi connectivity index (χ2n) is 4.39. The molecule has 0 spiro atoms. The van der Waals surface area contributed by atoms with Crippen LogP contribution in [-0.2, 0) is 0 Å². The lowest BCUT2D eigenvalue weighted by Crippen LogP contribution is -2.43. The third-order valence-corrected chi connectivity index (χ3v) is 5.10. The van der Waals surface area contributed by atoms with E-state index in [1.54, 1.807) is 11.3 Å². The van der Waals surface area contributed by atoms with E-state index < -0.39 is 0 Å². The standard InChI is InChI=1S/C12H20BrNOS/c1-4-12(3,6-7-15)14-9(2)11-10(13)5-8-16-11/h5,8-9,14-15H,4,6-7H2,1-3H3. The van der Waals surface area contributed by atoms with E-state index in [-0.39, 0.29) is 12.1 Å². The molecule has 92 valence electrons. The molecule has 16 heavy (non-hydrogen) atoms. The van der Waals surface area contributed by atoms with Crippen LogP contribution in [0.2, 0.25) is 0 Å². The van der Waals surface area contributed by atoms with Gasteiger partial charge in [-0.05, 0) is 54.1 Å². The fourth-order valence-corrected chi connectivity index (χ4v) is 3.53. The van der Waals surface area contributed by atoms with E-state index in [2.05, 4.69) is 53.5 Å². The number of aliphatic hydroxyl groups excluding tert-OH is 1. The number of hydrogen-bond acceptors (Lipinski definition) is 3. The maximum Gasteiger partial charge on any atom is 0.0448 e. The van der Waals surface area contributed by atoms with Crippen LogP contribution in [0.15, 0.2) is 15.9 Å². The molecule has 0 bridgehead atoms. The molecule has 2 atom stereocenters. The Morgan fingerprint density at radius 2 is 2.31 bits per heavy atom. The van der Waals surface area contributed by atoms with E-state index in [0.29, 0.717) is 6.04 Å². The molecule has 0 amide bonds. The van der Waals surface area contributed by atoms with Crippen LogP contribution in [0.1, 0.15) is 44.5 Å². The summed E-state index contributed by atoms with van der Waals surface area (Å²) in [4.78, 5) is 1.32. The van der Waals surface area contributed by atoms with Gasteiger partial charge in [0, 0.05) is 27.5 Å². The highest BCUT2D eigenvalue weighted by Gasteiger charge is 2.24. The molecule has 2 N–H and O–H groups in total. The fraction of sp³-hybridized carbons (Fsp3) is 0.667. The minimum atomic E-state index is 0.0115. The summed E-state index contributed by atoms with van der Waals surface area (Å²) >= 11 is 5.31. The van der Waals surface area contributed by atoms with E-state index in [1.807, 2.05) is 0 Å². The van der Waals surface area contributed by atoms with E-state index >= 15 is 0 Å². The Hall–Kier alpha value is 0.100. The van der Waals surface area contributed by atoms with Gasteiger partial charge in [-0.25, -0.2) is 0 Å². The molecule has 0 aliphatic carbocycles. The molecule has 0 aromatic carbocycles. The van der Waals surface area contributed by atoms with Gasteiger partial charge in [-0.3, -0.25) is 0 Å². The van der Waals surface area contributed by atoms with Gasteiger partial charge in [-0.1, -0.05) is 6.92 Å². The minimum absolute atomic E-state index is 0.0115. The lowest BCUT2D eigenvalue weighted by Gasteiger charge is -2.32. The number of nitrogens with one attached hydrogen (secondary N) is 1. The summed E-state index contributed by atoms with van der Waals surface area (Å²) in [5.41, 5.74) is 0.0115. The second-order valence-corrected chi connectivity index (χ2v) is 6.19. The number of halogens is 1. The Labute approximate surface area is 110 Å². The summed E-state index contributed by atoms with van der Waals surface area (Å²) in [6.45, 7) is 6.72. The first-order chi connectivity index (χ1) is 7.52. The molecule has 0 saturated carbocycles. The number of hydrogen-bond donors (Lipinski definition) is 2. The summed E-state index contributed by atoms with van der Waals surface area (Å²) in [7, 11) is 0. The van der Waals surface area contributed by atoms with Crippen LogP contribution in [0.25, 0.3) is 0 Å². The Morgan fingerprint density at radius 1 is 1.62 bits per heavy atom. The van der Waals surface area contributed by atoms with Crippen molar-refractivity contribution in [3.63, 3.8) is 0 Å². The molecule has 2 unspecified atom stereocenters. The second kappa shape index (κ2) is 6.15. The van der Waals surface area contributed by atoms with Gasteiger partial charge in [-0.2, -0.15) is 0 Å². The topological polar surface area (TPSA) is 32.3 Å². The van der Waals surface area contributed by atoms with Crippen LogP contribution < -0.4 is 5.32 Å². The first-order valence-corrected chi connectivity index (χ1v) is 7.31. The molecule has 0 aliphatic rings. The maximum absolute atomic E-state index is 9.08. The highest BCUT2D eigenvalue weighted by Crippen LogP contribution is 2.31. The third-order valence-electron chi connectivity index (χ3n) is 3.05. The van der Waals surface area contributed by atoms with Crippen LogP contribution in [0.5, 0.6) is 0 Å². The molecule has 1 aromatic heterocycles. The van der Waals surface area contributed by atoms with Crippen LogP contribution >= 0.6 is 27.3 Å². The van der Waals surface area contributed by atoms with Gasteiger partial charge >= 0.3 is 0 Å². The molecule has 1 heterocycles. The van der Waals surface area contributed by atoms with Crippen molar-refractivity contribution >= 4 is 27.3 Å². The van der Waals surface area contributed by atoms with E-state index in [9.17, 15) is 0 Å². The van der Waals surface area contributed by atoms with E-state index in [0.717, 1.165) is 12.8 Å². The summed E-state index contributed by atoms with van der Waals surface area (Å²) in [5.74, 6) is 0. The predicted octanol–water partition coefficient (Wildman–Crippen LogP) is 3.71. The molecule has 0 saturated heterocycles. The number of rotatable bonds is 6. The molecule has 0 aliphatic heterocycles. The molecule has 1 aromatic rings. The van der Waals surface area contributed by atoms with Crippen molar-refractivity contribution in [3.8, 4) is 0 Å². The third kappa shape index (κ3) is 3.55. The largest absolute Gasteiger partial charge is 0.396 e. The summed E-state index contributed by atoms with van der Waals surface area (Å²) in [6.07, 6.45) is 1.80. The van der Waals surface area contributed by atoms with Crippen molar-refractivity contribution in [1.29, 1.82) is 0 Å². The van der Waals surface area contributed by atoms with Gasteiger partial charge in [0.05, 0.1) is 0 Å². The molecular weight excluding hydrogens is 286 g/mol. The lowest BCUT2D eigenvalue weighted by atomic mass is 9.93. The fourth-order valence-electron chi connectivity index (χ4n) is 1.80. The first-order valence-electron chi connectivity index (χ1n) is 5.64. The quantitative estimate of drug-likeness (QED) is 0.839. The van der Waals surface area contributed by atoms with Gasteiger partial charge in [0.25, 0.3) is 0 Å². The van der Waals surface area contributed by atoms with Crippen molar-refractivity contribution in [2.45, 2.75) is 45.2 Å².